The van der Waals surface area contributed by atoms with Crippen molar-refractivity contribution in [1.82, 2.24) is 4.90 Å². The van der Waals surface area contributed by atoms with E-state index in [9.17, 15) is 9.90 Å². The molecule has 30 heavy (non-hydrogen) atoms. The van der Waals surface area contributed by atoms with Crippen molar-refractivity contribution in [3.63, 3.8) is 0 Å². The summed E-state index contributed by atoms with van der Waals surface area (Å²) in [6.07, 6.45) is 4.36. The summed E-state index contributed by atoms with van der Waals surface area (Å²) in [7, 11) is 1.66. The van der Waals surface area contributed by atoms with Crippen molar-refractivity contribution < 1.29 is 19.4 Å². The molecule has 0 aromatic heterocycles. The van der Waals surface area contributed by atoms with Crippen LogP contribution in [0.2, 0.25) is 0 Å². The number of halogens is 1. The summed E-state index contributed by atoms with van der Waals surface area (Å²) in [5, 5.41) is 9.18. The van der Waals surface area contributed by atoms with Gasteiger partial charge < -0.3 is 14.6 Å². The molecule has 1 aliphatic rings. The molecule has 0 bridgehead atoms. The standard InChI is InChI=1S/C24H27NO4.ClH/c1-18-7-3-4-11-22(18)23(19-8-5-10-21(15-19)28-2)17-29-14-13-25-12-6-9-20(16-25)24(26)27;/h3-5,7-11,15,17H,6,12-14,16H2,1-2H3,(H,26,27);1H/b23-17-;. The topological polar surface area (TPSA) is 59.0 Å². The highest BCUT2D eigenvalue weighted by molar-refractivity contribution is 5.87. The summed E-state index contributed by atoms with van der Waals surface area (Å²) >= 11 is 0. The Hall–Kier alpha value is -2.76. The van der Waals surface area contributed by atoms with Crippen molar-refractivity contribution in [3.8, 4) is 5.75 Å². The van der Waals surface area contributed by atoms with E-state index in [1.807, 2.05) is 36.4 Å². The number of carboxylic acids is 1. The average Bonchev–Trinajstić information content (AvgIpc) is 2.75. The quantitative estimate of drug-likeness (QED) is 0.492. The van der Waals surface area contributed by atoms with E-state index in [-0.39, 0.29) is 12.4 Å². The number of ether oxygens (including phenoxy) is 2. The Morgan fingerprint density at radius 1 is 1.20 bits per heavy atom. The van der Waals surface area contributed by atoms with Gasteiger partial charge >= 0.3 is 5.97 Å². The molecule has 5 nitrogen and oxygen atoms in total. The molecule has 1 heterocycles. The second-order valence-electron chi connectivity index (χ2n) is 7.05. The molecule has 1 aliphatic heterocycles. The Bertz CT molecular complexity index is 923. The summed E-state index contributed by atoms with van der Waals surface area (Å²) in [4.78, 5) is 13.3. The van der Waals surface area contributed by atoms with Gasteiger partial charge in [0.1, 0.15) is 12.4 Å². The van der Waals surface area contributed by atoms with E-state index in [1.165, 1.54) is 0 Å². The van der Waals surface area contributed by atoms with Gasteiger partial charge in [-0.1, -0.05) is 42.5 Å². The smallest absolute Gasteiger partial charge is 0.332 e. The summed E-state index contributed by atoms with van der Waals surface area (Å²) in [5.74, 6) is -0.0429. The Balaban J connectivity index is 0.00000320. The number of benzene rings is 2. The normalized spacial score (nSPS) is 14.5. The summed E-state index contributed by atoms with van der Waals surface area (Å²) in [6.45, 7) is 4.57. The molecule has 1 N–H and O–H groups in total. The third-order valence-electron chi connectivity index (χ3n) is 5.05. The van der Waals surface area contributed by atoms with Crippen LogP contribution in [0.3, 0.4) is 0 Å². The fraction of sp³-hybridized carbons (Fsp3) is 0.292. The highest BCUT2D eigenvalue weighted by Crippen LogP contribution is 2.28. The van der Waals surface area contributed by atoms with Gasteiger partial charge in [-0.2, -0.15) is 0 Å². The molecule has 6 heteroatoms. The van der Waals surface area contributed by atoms with Crippen molar-refractivity contribution >= 4 is 23.9 Å². The van der Waals surface area contributed by atoms with Crippen LogP contribution in [0, 0.1) is 6.92 Å². The van der Waals surface area contributed by atoms with E-state index < -0.39 is 5.97 Å². The Morgan fingerprint density at radius 2 is 2.00 bits per heavy atom. The zero-order valence-electron chi connectivity index (χ0n) is 17.3. The molecule has 0 unspecified atom stereocenters. The maximum absolute atomic E-state index is 11.2. The molecule has 2 aromatic carbocycles. The molecule has 0 fully saturated rings. The van der Waals surface area contributed by atoms with Crippen molar-refractivity contribution in [1.29, 1.82) is 0 Å². The van der Waals surface area contributed by atoms with Crippen molar-refractivity contribution in [3.05, 3.63) is 83.1 Å². The predicted molar refractivity (Wildman–Crippen MR) is 121 cm³/mol. The monoisotopic (exact) mass is 429 g/mol. The summed E-state index contributed by atoms with van der Waals surface area (Å²) in [5.41, 5.74) is 4.75. The van der Waals surface area contributed by atoms with E-state index in [0.29, 0.717) is 25.3 Å². The molecule has 2 aromatic rings. The lowest BCUT2D eigenvalue weighted by atomic mass is 9.95. The minimum Gasteiger partial charge on any atom is -0.499 e. The first kappa shape index (κ1) is 23.5. The van der Waals surface area contributed by atoms with Gasteiger partial charge in [-0.25, -0.2) is 4.79 Å². The molecule has 0 saturated carbocycles. The third kappa shape index (κ3) is 6.12. The van der Waals surface area contributed by atoms with Crippen LogP contribution in [-0.4, -0.2) is 49.3 Å². The number of carboxylic acid groups (broad SMARTS) is 1. The first-order chi connectivity index (χ1) is 14.1. The van der Waals surface area contributed by atoms with Crippen LogP contribution >= 0.6 is 12.4 Å². The van der Waals surface area contributed by atoms with Gasteiger partial charge in [0.05, 0.1) is 13.4 Å². The number of aliphatic carboxylic acids is 1. The highest BCUT2D eigenvalue weighted by atomic mass is 35.5. The van der Waals surface area contributed by atoms with Gasteiger partial charge in [-0.15, -0.1) is 12.4 Å². The van der Waals surface area contributed by atoms with Crippen LogP contribution in [0.4, 0.5) is 0 Å². The predicted octanol–water partition coefficient (Wildman–Crippen LogP) is 4.55. The van der Waals surface area contributed by atoms with Gasteiger partial charge in [0.25, 0.3) is 0 Å². The lowest BCUT2D eigenvalue weighted by Crippen LogP contribution is -2.34. The SMILES string of the molecule is COc1cccc(/C(=C/OCCN2CCC=C(C(=O)O)C2)c2ccccc2C)c1.Cl. The minimum atomic E-state index is -0.838. The maximum atomic E-state index is 11.2. The number of aryl methyl sites for hydroxylation is 1. The van der Waals surface area contributed by atoms with Crippen LogP contribution < -0.4 is 4.74 Å². The largest absolute Gasteiger partial charge is 0.499 e. The van der Waals surface area contributed by atoms with Crippen molar-refractivity contribution in [2.45, 2.75) is 13.3 Å². The molecule has 0 aliphatic carbocycles. The zero-order valence-corrected chi connectivity index (χ0v) is 18.2. The second kappa shape index (κ2) is 11.4. The van der Waals surface area contributed by atoms with Gasteiger partial charge in [0.2, 0.25) is 0 Å². The van der Waals surface area contributed by atoms with Gasteiger partial charge in [-0.3, -0.25) is 4.90 Å². The Kier molecular flexibility index (Phi) is 8.96. The first-order valence-corrected chi connectivity index (χ1v) is 9.75. The van der Waals surface area contributed by atoms with E-state index in [1.54, 1.807) is 19.4 Å². The van der Waals surface area contributed by atoms with Crippen LogP contribution in [0.5, 0.6) is 5.75 Å². The highest BCUT2D eigenvalue weighted by Gasteiger charge is 2.17. The van der Waals surface area contributed by atoms with Crippen molar-refractivity contribution in [2.24, 2.45) is 0 Å². The average molecular weight is 430 g/mol. The van der Waals surface area contributed by atoms with E-state index in [2.05, 4.69) is 24.0 Å². The fourth-order valence-corrected chi connectivity index (χ4v) is 3.43. The molecule has 0 spiro atoms. The molecule has 0 saturated heterocycles. The second-order valence-corrected chi connectivity index (χ2v) is 7.05. The lowest BCUT2D eigenvalue weighted by molar-refractivity contribution is -0.133. The number of hydrogen-bond donors (Lipinski definition) is 1. The Labute approximate surface area is 184 Å². The van der Waals surface area contributed by atoms with E-state index in [4.69, 9.17) is 9.47 Å². The summed E-state index contributed by atoms with van der Waals surface area (Å²) < 4.78 is 11.3. The maximum Gasteiger partial charge on any atom is 0.332 e. The van der Waals surface area contributed by atoms with Gasteiger partial charge in [0, 0.05) is 30.8 Å². The molecule has 160 valence electrons. The van der Waals surface area contributed by atoms with Crippen LogP contribution in [0.25, 0.3) is 5.57 Å². The number of methoxy groups -OCH3 is 1. The summed E-state index contributed by atoms with van der Waals surface area (Å²) in [6, 6.07) is 16.1. The number of nitrogens with zero attached hydrogens (tertiary/aromatic N) is 1. The number of carbonyl (C=O) groups is 1. The minimum absolute atomic E-state index is 0. The molecule has 0 radical (unpaired) electrons. The van der Waals surface area contributed by atoms with Crippen LogP contribution in [0.15, 0.2) is 66.4 Å². The number of hydrogen-bond acceptors (Lipinski definition) is 4. The number of rotatable bonds is 8. The first-order valence-electron chi connectivity index (χ1n) is 9.75. The van der Waals surface area contributed by atoms with Crippen molar-refractivity contribution in [2.75, 3.05) is 33.4 Å². The van der Waals surface area contributed by atoms with Crippen LogP contribution in [-0.2, 0) is 9.53 Å². The van der Waals surface area contributed by atoms with Crippen LogP contribution in [0.1, 0.15) is 23.1 Å². The molecular formula is C24H28ClNO4. The van der Waals surface area contributed by atoms with Gasteiger partial charge in [-0.05, 0) is 42.2 Å². The fourth-order valence-electron chi connectivity index (χ4n) is 3.43. The third-order valence-corrected chi connectivity index (χ3v) is 5.05. The Morgan fingerprint density at radius 3 is 2.73 bits per heavy atom. The molecular weight excluding hydrogens is 402 g/mol. The van der Waals surface area contributed by atoms with Gasteiger partial charge in [0.15, 0.2) is 0 Å². The molecule has 0 atom stereocenters. The molecule has 0 amide bonds. The zero-order chi connectivity index (χ0) is 20.6. The lowest BCUT2D eigenvalue weighted by Gasteiger charge is -2.25. The molecule has 3 rings (SSSR count). The van der Waals surface area contributed by atoms with E-state index >= 15 is 0 Å². The van der Waals surface area contributed by atoms with E-state index in [0.717, 1.165) is 41.0 Å².